The monoisotopic (exact) mass is 488 g/mol. The number of aromatic nitrogens is 4. The van der Waals surface area contributed by atoms with Crippen LogP contribution in [0.1, 0.15) is 36.5 Å². The molecule has 7 nitrogen and oxygen atoms in total. The highest BCUT2D eigenvalue weighted by molar-refractivity contribution is 9.10. The lowest BCUT2D eigenvalue weighted by Crippen LogP contribution is -2.27. The van der Waals surface area contributed by atoms with Crippen molar-refractivity contribution in [2.45, 2.75) is 37.9 Å². The topological polar surface area (TPSA) is 75.9 Å². The molecule has 9 heteroatoms. The number of carbonyl (C=O) groups is 1. The van der Waals surface area contributed by atoms with E-state index in [0.717, 1.165) is 51.7 Å². The van der Waals surface area contributed by atoms with Gasteiger partial charge in [0.05, 0.1) is 23.7 Å². The van der Waals surface area contributed by atoms with Crippen molar-refractivity contribution in [3.63, 3.8) is 0 Å². The van der Waals surface area contributed by atoms with Gasteiger partial charge < -0.3 is 10.2 Å². The first-order valence-corrected chi connectivity index (χ1v) is 12.1. The molecular weight excluding hydrogens is 464 g/mol. The Morgan fingerprint density at radius 3 is 2.80 bits per heavy atom. The smallest absolute Gasteiger partial charge is 0.252 e. The molecule has 1 amide bonds. The van der Waals surface area contributed by atoms with Crippen LogP contribution in [0.4, 0.5) is 5.82 Å². The Kier molecular flexibility index (Phi) is 6.89. The molecular formula is C21H25BrN6OS. The fourth-order valence-electron chi connectivity index (χ4n) is 3.53. The summed E-state index contributed by atoms with van der Waals surface area (Å²) in [5, 5.41) is 9.30. The van der Waals surface area contributed by atoms with Gasteiger partial charge in [-0.25, -0.2) is 14.6 Å². The number of fused-ring (bicyclic) bond motifs is 1. The van der Waals surface area contributed by atoms with Crippen molar-refractivity contribution >= 4 is 50.5 Å². The molecule has 0 atom stereocenters. The van der Waals surface area contributed by atoms with E-state index in [9.17, 15) is 4.79 Å². The van der Waals surface area contributed by atoms with Crippen molar-refractivity contribution in [1.29, 1.82) is 0 Å². The lowest BCUT2D eigenvalue weighted by atomic mass is 10.2. The lowest BCUT2D eigenvalue weighted by molar-refractivity contribution is 0.0951. The highest BCUT2D eigenvalue weighted by Gasteiger charge is 2.21. The number of halogens is 1. The van der Waals surface area contributed by atoms with Crippen molar-refractivity contribution in [2.75, 3.05) is 30.3 Å². The van der Waals surface area contributed by atoms with E-state index in [2.05, 4.69) is 38.2 Å². The van der Waals surface area contributed by atoms with Crippen LogP contribution < -0.4 is 10.2 Å². The summed E-state index contributed by atoms with van der Waals surface area (Å²) in [5.41, 5.74) is 1.46. The average molecular weight is 489 g/mol. The zero-order valence-corrected chi connectivity index (χ0v) is 19.4. The highest BCUT2D eigenvalue weighted by atomic mass is 79.9. The van der Waals surface area contributed by atoms with Gasteiger partial charge >= 0.3 is 0 Å². The summed E-state index contributed by atoms with van der Waals surface area (Å²) in [4.78, 5) is 24.4. The zero-order chi connectivity index (χ0) is 20.9. The van der Waals surface area contributed by atoms with Gasteiger partial charge in [-0.15, -0.1) is 0 Å². The minimum Gasteiger partial charge on any atom is -0.356 e. The van der Waals surface area contributed by atoms with E-state index in [1.54, 1.807) is 17.8 Å². The van der Waals surface area contributed by atoms with Gasteiger partial charge in [0.25, 0.3) is 5.91 Å². The number of amides is 1. The van der Waals surface area contributed by atoms with E-state index in [0.29, 0.717) is 18.7 Å². The van der Waals surface area contributed by atoms with Gasteiger partial charge in [-0.3, -0.25) is 4.79 Å². The molecule has 1 aromatic carbocycles. The standard InChI is InChI=1S/C21H25BrN6OS/c1-2-13-30-21-25-18(27-10-5-6-11-27)16-14-24-28(19(16)26-21)12-9-23-20(29)15-7-3-4-8-17(15)22/h3-4,7-8,14H,2,5-6,9-13H2,1H3,(H,23,29). The molecule has 0 aliphatic carbocycles. The zero-order valence-electron chi connectivity index (χ0n) is 17.0. The molecule has 0 radical (unpaired) electrons. The predicted octanol–water partition coefficient (Wildman–Crippen LogP) is 4.12. The maximum Gasteiger partial charge on any atom is 0.252 e. The molecule has 1 N–H and O–H groups in total. The Balaban J connectivity index is 1.53. The second kappa shape index (κ2) is 9.78. The maximum absolute atomic E-state index is 12.5. The van der Waals surface area contributed by atoms with Crippen LogP contribution in [0, 0.1) is 0 Å². The number of nitrogens with one attached hydrogen (secondary N) is 1. The summed E-state index contributed by atoms with van der Waals surface area (Å²) in [5.74, 6) is 1.87. The van der Waals surface area contributed by atoms with Crippen LogP contribution in [0.15, 0.2) is 40.1 Å². The number of nitrogens with zero attached hydrogens (tertiary/aromatic N) is 5. The number of carbonyl (C=O) groups excluding carboxylic acids is 1. The summed E-state index contributed by atoms with van der Waals surface area (Å²) in [6, 6.07) is 7.41. The second-order valence-corrected chi connectivity index (χ2v) is 9.13. The summed E-state index contributed by atoms with van der Waals surface area (Å²) in [7, 11) is 0. The molecule has 3 heterocycles. The third kappa shape index (κ3) is 4.62. The highest BCUT2D eigenvalue weighted by Crippen LogP contribution is 2.29. The van der Waals surface area contributed by atoms with E-state index in [4.69, 9.17) is 9.97 Å². The molecule has 1 aliphatic rings. The Hall–Kier alpha value is -2.13. The van der Waals surface area contributed by atoms with Crippen molar-refractivity contribution in [1.82, 2.24) is 25.1 Å². The number of benzene rings is 1. The minimum atomic E-state index is -0.106. The quantitative estimate of drug-likeness (QED) is 0.379. The summed E-state index contributed by atoms with van der Waals surface area (Å²) < 4.78 is 2.65. The molecule has 4 rings (SSSR count). The van der Waals surface area contributed by atoms with Crippen molar-refractivity contribution in [3.8, 4) is 0 Å². The van der Waals surface area contributed by atoms with E-state index in [1.165, 1.54) is 12.8 Å². The summed E-state index contributed by atoms with van der Waals surface area (Å²) >= 11 is 5.11. The van der Waals surface area contributed by atoms with Crippen LogP contribution in [-0.4, -0.2) is 51.0 Å². The van der Waals surface area contributed by atoms with Gasteiger partial charge in [0.2, 0.25) is 0 Å². The van der Waals surface area contributed by atoms with Gasteiger partial charge in [0.1, 0.15) is 5.82 Å². The van der Waals surface area contributed by atoms with Gasteiger partial charge in [-0.05, 0) is 47.3 Å². The Morgan fingerprint density at radius 1 is 1.23 bits per heavy atom. The third-order valence-corrected chi connectivity index (χ3v) is 6.77. The fourth-order valence-corrected chi connectivity index (χ4v) is 4.68. The number of hydrogen-bond donors (Lipinski definition) is 1. The van der Waals surface area contributed by atoms with Crippen LogP contribution >= 0.6 is 27.7 Å². The third-order valence-electron chi connectivity index (χ3n) is 5.02. The second-order valence-electron chi connectivity index (χ2n) is 7.21. The van der Waals surface area contributed by atoms with Gasteiger partial charge in [0, 0.05) is 29.9 Å². The molecule has 1 aliphatic heterocycles. The number of thioether (sulfide) groups is 1. The van der Waals surface area contributed by atoms with Crippen LogP contribution in [0.2, 0.25) is 0 Å². The Bertz CT molecular complexity index is 1030. The van der Waals surface area contributed by atoms with Gasteiger partial charge in [0.15, 0.2) is 10.8 Å². The molecule has 0 bridgehead atoms. The van der Waals surface area contributed by atoms with Crippen LogP contribution in [0.3, 0.4) is 0 Å². The Labute approximate surface area is 188 Å². The molecule has 2 aromatic heterocycles. The first-order valence-electron chi connectivity index (χ1n) is 10.3. The molecule has 158 valence electrons. The molecule has 0 spiro atoms. The average Bonchev–Trinajstić information content (AvgIpc) is 3.42. The van der Waals surface area contributed by atoms with Crippen molar-refractivity contribution < 1.29 is 4.79 Å². The van der Waals surface area contributed by atoms with Crippen LogP contribution in [0.5, 0.6) is 0 Å². The molecule has 1 saturated heterocycles. The molecule has 3 aromatic rings. The predicted molar refractivity (Wildman–Crippen MR) is 124 cm³/mol. The van der Waals surface area contributed by atoms with Gasteiger partial charge in [-0.1, -0.05) is 30.8 Å². The van der Waals surface area contributed by atoms with Gasteiger partial charge in [-0.2, -0.15) is 5.10 Å². The summed E-state index contributed by atoms with van der Waals surface area (Å²) in [6.45, 7) is 5.23. The van der Waals surface area contributed by atoms with E-state index < -0.39 is 0 Å². The number of rotatable bonds is 8. The SMILES string of the molecule is CCCSc1nc(N2CCCC2)c2cnn(CCNC(=O)c3ccccc3Br)c2n1. The maximum atomic E-state index is 12.5. The summed E-state index contributed by atoms with van der Waals surface area (Å²) in [6.07, 6.45) is 5.31. The van der Waals surface area contributed by atoms with Crippen LogP contribution in [-0.2, 0) is 6.54 Å². The largest absolute Gasteiger partial charge is 0.356 e. The first kappa shape index (κ1) is 21.1. The van der Waals surface area contributed by atoms with Crippen molar-refractivity contribution in [2.24, 2.45) is 0 Å². The molecule has 0 saturated carbocycles. The molecule has 1 fully saturated rings. The lowest BCUT2D eigenvalue weighted by Gasteiger charge is -2.18. The van der Waals surface area contributed by atoms with E-state index in [-0.39, 0.29) is 5.91 Å². The first-order chi connectivity index (χ1) is 14.7. The van der Waals surface area contributed by atoms with E-state index in [1.807, 2.05) is 29.1 Å². The Morgan fingerprint density at radius 2 is 2.03 bits per heavy atom. The number of hydrogen-bond acceptors (Lipinski definition) is 6. The fraction of sp³-hybridized carbons (Fsp3) is 0.429. The van der Waals surface area contributed by atoms with E-state index >= 15 is 0 Å². The molecule has 0 unspecified atom stereocenters. The minimum absolute atomic E-state index is 0.106. The van der Waals surface area contributed by atoms with Crippen molar-refractivity contribution in [3.05, 3.63) is 40.5 Å². The van der Waals surface area contributed by atoms with Crippen LogP contribution in [0.25, 0.3) is 11.0 Å². The number of anilines is 1. The normalized spacial score (nSPS) is 13.9. The molecule has 30 heavy (non-hydrogen) atoms.